The summed E-state index contributed by atoms with van der Waals surface area (Å²) < 4.78 is 43.3. The van der Waals surface area contributed by atoms with Crippen LogP contribution in [-0.2, 0) is 25.0 Å². The molecule has 8 nitrogen and oxygen atoms in total. The number of alkyl halides is 3. The Morgan fingerprint density at radius 3 is 2.07 bits per heavy atom. The van der Waals surface area contributed by atoms with Crippen LogP contribution in [0.4, 0.5) is 19.0 Å². The molecule has 4 aromatic carbocycles. The van der Waals surface area contributed by atoms with E-state index in [-0.39, 0.29) is 10.9 Å². The van der Waals surface area contributed by atoms with Crippen molar-refractivity contribution in [3.8, 4) is 6.07 Å². The van der Waals surface area contributed by atoms with Gasteiger partial charge >= 0.3 is 6.18 Å². The van der Waals surface area contributed by atoms with Crippen LogP contribution in [0.1, 0.15) is 56.8 Å². The summed E-state index contributed by atoms with van der Waals surface area (Å²) in [5.74, 6) is 0.590. The number of aromatic nitrogens is 5. The van der Waals surface area contributed by atoms with Gasteiger partial charge in [-0.1, -0.05) is 97.1 Å². The molecule has 12 heteroatoms. The maximum atomic E-state index is 13.1. The molecule has 0 radical (unpaired) electrons. The number of fused-ring (bicyclic) bond motifs is 2. The maximum absolute atomic E-state index is 13.1. The summed E-state index contributed by atoms with van der Waals surface area (Å²) >= 11 is 1.06. The van der Waals surface area contributed by atoms with Crippen LogP contribution in [-0.4, -0.2) is 54.5 Å². The molecule has 0 amide bonds. The van der Waals surface area contributed by atoms with Gasteiger partial charge in [-0.25, -0.2) is 9.97 Å². The molecule has 8 aromatic rings. The van der Waals surface area contributed by atoms with Crippen molar-refractivity contribution in [1.82, 2.24) is 29.2 Å². The second-order valence-electron chi connectivity index (χ2n) is 15.3. The van der Waals surface area contributed by atoms with Crippen molar-refractivity contribution in [1.29, 1.82) is 5.26 Å². The number of nitrogens with zero attached hydrogens (tertiary/aromatic N) is 7. The van der Waals surface area contributed by atoms with Gasteiger partial charge in [0.15, 0.2) is 0 Å². The van der Waals surface area contributed by atoms with Crippen LogP contribution in [0.3, 0.4) is 0 Å². The molecule has 9 rings (SSSR count). The Balaban J connectivity index is 0.939. The van der Waals surface area contributed by atoms with Gasteiger partial charge in [0, 0.05) is 53.2 Å². The monoisotopic (exact) mass is 806 g/mol. The number of piperidine rings is 1. The van der Waals surface area contributed by atoms with E-state index in [1.165, 1.54) is 11.9 Å². The van der Waals surface area contributed by atoms with Crippen LogP contribution in [0, 0.1) is 18.3 Å². The van der Waals surface area contributed by atoms with Crippen LogP contribution < -0.4 is 5.32 Å². The molecule has 59 heavy (non-hydrogen) atoms. The zero-order chi connectivity index (χ0) is 40.6. The van der Waals surface area contributed by atoms with Gasteiger partial charge in [-0.2, -0.15) is 23.5 Å². The average molecular weight is 807 g/mol. The molecular weight excluding hydrogens is 766 g/mol. The number of thiophene rings is 1. The minimum absolute atomic E-state index is 0.147. The van der Waals surface area contributed by atoms with Gasteiger partial charge in [-0.3, -0.25) is 9.58 Å². The number of halogens is 3. The Hall–Kier alpha value is -6.29. The van der Waals surface area contributed by atoms with E-state index >= 15 is 0 Å². The molecule has 1 aliphatic heterocycles. The number of aryl methyl sites for hydroxylation is 1. The SMILES string of the molecule is Cc1c(CN2CCC(Nc3ncnc4sc(CC(F)(F)F)cc34)CC2)ccc2c1cc(C#N)n2Cc1cnn(C(c2ccccc2)(c2ccccc2)c2ccccc2)c1. The highest BCUT2D eigenvalue weighted by Gasteiger charge is 2.39. The molecule has 1 fully saturated rings. The first-order valence-corrected chi connectivity index (χ1v) is 20.5. The molecule has 1 aliphatic rings. The molecular formula is C47H41F3N8S. The third-order valence-corrected chi connectivity index (χ3v) is 12.6. The second-order valence-corrected chi connectivity index (χ2v) is 16.4. The van der Waals surface area contributed by atoms with E-state index in [0.29, 0.717) is 28.3 Å². The van der Waals surface area contributed by atoms with Crippen molar-refractivity contribution >= 4 is 38.3 Å². The van der Waals surface area contributed by atoms with Gasteiger partial charge in [0.1, 0.15) is 34.3 Å². The summed E-state index contributed by atoms with van der Waals surface area (Å²) in [5, 5.41) is 20.6. The predicted octanol–water partition coefficient (Wildman–Crippen LogP) is 10.1. The second kappa shape index (κ2) is 15.8. The Morgan fingerprint density at radius 1 is 0.814 bits per heavy atom. The molecule has 1 saturated heterocycles. The molecule has 0 spiro atoms. The Kier molecular flexibility index (Phi) is 10.2. The zero-order valence-electron chi connectivity index (χ0n) is 32.4. The topological polar surface area (TPSA) is 87.6 Å². The highest BCUT2D eigenvalue weighted by Crippen LogP contribution is 2.41. The molecule has 5 heterocycles. The van der Waals surface area contributed by atoms with Gasteiger partial charge in [0.2, 0.25) is 0 Å². The van der Waals surface area contributed by atoms with Crippen molar-refractivity contribution in [3.05, 3.63) is 178 Å². The highest BCUT2D eigenvalue weighted by molar-refractivity contribution is 7.18. The molecule has 1 N–H and O–H groups in total. The van der Waals surface area contributed by atoms with E-state index in [1.807, 2.05) is 30.5 Å². The van der Waals surface area contributed by atoms with E-state index in [2.05, 4.69) is 134 Å². The number of rotatable bonds is 11. The van der Waals surface area contributed by atoms with E-state index in [1.54, 1.807) is 6.07 Å². The lowest BCUT2D eigenvalue weighted by Gasteiger charge is -2.36. The van der Waals surface area contributed by atoms with Crippen molar-refractivity contribution in [2.24, 2.45) is 0 Å². The predicted molar refractivity (Wildman–Crippen MR) is 226 cm³/mol. The van der Waals surface area contributed by atoms with Crippen molar-refractivity contribution in [2.75, 3.05) is 18.4 Å². The molecule has 296 valence electrons. The minimum atomic E-state index is -4.27. The van der Waals surface area contributed by atoms with Gasteiger partial charge in [0.05, 0.1) is 24.5 Å². The van der Waals surface area contributed by atoms with Crippen molar-refractivity contribution < 1.29 is 13.2 Å². The number of benzene rings is 4. The number of likely N-dealkylation sites (tertiary alicyclic amines) is 1. The fraction of sp³-hybridized carbons (Fsp3) is 0.234. The van der Waals surface area contributed by atoms with E-state index in [0.717, 1.165) is 82.5 Å². The fourth-order valence-corrected chi connectivity index (χ4v) is 9.70. The molecule has 0 unspecified atom stereocenters. The molecule has 0 atom stereocenters. The van der Waals surface area contributed by atoms with E-state index in [4.69, 9.17) is 5.10 Å². The van der Waals surface area contributed by atoms with Gasteiger partial charge in [-0.05, 0) is 65.8 Å². The quantitative estimate of drug-likeness (QED) is 0.131. The Morgan fingerprint density at radius 2 is 1.46 bits per heavy atom. The third-order valence-electron chi connectivity index (χ3n) is 11.6. The lowest BCUT2D eigenvalue weighted by atomic mass is 9.77. The normalized spacial score (nSPS) is 14.2. The van der Waals surface area contributed by atoms with Crippen LogP contribution in [0.5, 0.6) is 0 Å². The molecule has 0 saturated carbocycles. The third kappa shape index (κ3) is 7.48. The summed E-state index contributed by atoms with van der Waals surface area (Å²) in [6, 6.07) is 41.9. The molecule has 0 bridgehead atoms. The van der Waals surface area contributed by atoms with E-state index in [9.17, 15) is 18.4 Å². The summed E-state index contributed by atoms with van der Waals surface area (Å²) in [7, 11) is 0. The first-order valence-electron chi connectivity index (χ1n) is 19.7. The number of nitrogens with one attached hydrogen (secondary N) is 1. The Bertz CT molecular complexity index is 2660. The zero-order valence-corrected chi connectivity index (χ0v) is 33.2. The van der Waals surface area contributed by atoms with Crippen LogP contribution in [0.25, 0.3) is 21.1 Å². The van der Waals surface area contributed by atoms with Crippen molar-refractivity contribution in [3.63, 3.8) is 0 Å². The number of hydrogen-bond donors (Lipinski definition) is 1. The van der Waals surface area contributed by atoms with Crippen LogP contribution in [0.2, 0.25) is 0 Å². The van der Waals surface area contributed by atoms with Crippen molar-refractivity contribution in [2.45, 2.75) is 57.0 Å². The molecule has 4 aromatic heterocycles. The summed E-state index contributed by atoms with van der Waals surface area (Å²) in [6.07, 6.45) is 1.94. The maximum Gasteiger partial charge on any atom is 0.393 e. The van der Waals surface area contributed by atoms with Gasteiger partial charge in [-0.15, -0.1) is 11.3 Å². The number of anilines is 1. The first kappa shape index (κ1) is 38.2. The number of hydrogen-bond acceptors (Lipinski definition) is 7. The largest absolute Gasteiger partial charge is 0.393 e. The van der Waals surface area contributed by atoms with Crippen LogP contribution >= 0.6 is 11.3 Å². The van der Waals surface area contributed by atoms with E-state index < -0.39 is 18.1 Å². The van der Waals surface area contributed by atoms with Crippen LogP contribution in [0.15, 0.2) is 134 Å². The lowest BCUT2D eigenvalue weighted by Crippen LogP contribution is -2.39. The average Bonchev–Trinajstić information content (AvgIpc) is 3.98. The minimum Gasteiger partial charge on any atom is -0.367 e. The smallest absolute Gasteiger partial charge is 0.367 e. The standard InChI is InChI=1S/C47H41F3N8S/c1-32-34(30-56-21-19-38(20-22-56)55-44-42-24-40(25-46(48,49)50)59-45(42)53-31-52-44)17-18-43-41(32)23-39(26-51)57(43)28-33-27-54-58(29-33)47(35-11-5-2-6-12-35,36-13-7-3-8-14-36)37-15-9-4-10-16-37/h2-18,23-24,27,29,31,38H,19-22,25,28,30H2,1H3,(H,52,53,55). The fourth-order valence-electron chi connectivity index (χ4n) is 8.67. The first-order chi connectivity index (χ1) is 28.7. The number of nitriles is 1. The lowest BCUT2D eigenvalue weighted by molar-refractivity contribution is -0.126. The Labute approximate surface area is 344 Å². The van der Waals surface area contributed by atoms with Gasteiger partial charge in [0.25, 0.3) is 0 Å². The molecule has 0 aliphatic carbocycles. The summed E-state index contributed by atoms with van der Waals surface area (Å²) in [4.78, 5) is 11.8. The summed E-state index contributed by atoms with van der Waals surface area (Å²) in [5.41, 5.74) is 7.48. The van der Waals surface area contributed by atoms with Gasteiger partial charge < -0.3 is 9.88 Å². The summed E-state index contributed by atoms with van der Waals surface area (Å²) in [6.45, 7) is 5.11. The highest BCUT2D eigenvalue weighted by atomic mass is 32.1.